The summed E-state index contributed by atoms with van der Waals surface area (Å²) < 4.78 is -1.96. The highest BCUT2D eigenvalue weighted by atomic mass is 35.6. The van der Waals surface area contributed by atoms with Crippen LogP contribution in [0.15, 0.2) is 83.9 Å². The molecule has 0 saturated carbocycles. The number of aryl methyl sites for hydroxylation is 2. The molecule has 1 aliphatic heterocycles. The first-order valence-electron chi connectivity index (χ1n) is 10.8. The zero-order chi connectivity index (χ0) is 25.3. The number of anilines is 3. The van der Waals surface area contributed by atoms with Gasteiger partial charge in [-0.15, -0.1) is 0 Å². The second-order valence-corrected chi connectivity index (χ2v) is 10.5. The van der Waals surface area contributed by atoms with Crippen LogP contribution in [-0.2, 0) is 4.79 Å². The molecule has 0 N–H and O–H groups in total. The van der Waals surface area contributed by atoms with Crippen LogP contribution >= 0.6 is 34.8 Å². The topological polar surface area (TPSA) is 56.2 Å². The zero-order valence-corrected chi connectivity index (χ0v) is 21.6. The van der Waals surface area contributed by atoms with E-state index in [4.69, 9.17) is 34.8 Å². The normalized spacial score (nSPS) is 16.2. The smallest absolute Gasteiger partial charge is 0.314 e. The van der Waals surface area contributed by atoms with Crippen molar-refractivity contribution in [3.05, 3.63) is 90.0 Å². The van der Waals surface area contributed by atoms with Crippen LogP contribution in [0.2, 0.25) is 0 Å². The number of likely N-dealkylation sites (N-methyl/N-ethyl adjacent to an activating group) is 1. The van der Waals surface area contributed by atoms with Gasteiger partial charge in [-0.3, -0.25) is 9.69 Å². The Labute approximate surface area is 219 Å². The summed E-state index contributed by atoms with van der Waals surface area (Å²) in [5.41, 5.74) is 3.77. The van der Waals surface area contributed by atoms with Gasteiger partial charge in [0.15, 0.2) is 6.17 Å². The molecular weight excluding hydrogens is 507 g/mol. The van der Waals surface area contributed by atoms with Crippen LogP contribution in [-0.4, -0.2) is 39.7 Å². The van der Waals surface area contributed by atoms with E-state index in [0.717, 1.165) is 27.4 Å². The van der Waals surface area contributed by atoms with Crippen LogP contribution in [0.1, 0.15) is 11.1 Å². The molecule has 6 nitrogen and oxygen atoms in total. The van der Waals surface area contributed by atoms with Crippen molar-refractivity contribution in [2.24, 2.45) is 4.99 Å². The molecule has 1 unspecified atom stereocenters. The van der Waals surface area contributed by atoms with Crippen molar-refractivity contribution < 1.29 is 9.59 Å². The lowest BCUT2D eigenvalue weighted by atomic mass is 10.1. The van der Waals surface area contributed by atoms with E-state index in [0.29, 0.717) is 5.69 Å². The lowest BCUT2D eigenvalue weighted by Gasteiger charge is -2.37. The van der Waals surface area contributed by atoms with Gasteiger partial charge < -0.3 is 4.90 Å². The highest BCUT2D eigenvalue weighted by molar-refractivity contribution is 6.68. The van der Waals surface area contributed by atoms with Gasteiger partial charge in [0, 0.05) is 18.4 Å². The molecule has 1 atom stereocenters. The maximum atomic E-state index is 13.4. The van der Waals surface area contributed by atoms with Crippen LogP contribution < -0.4 is 9.80 Å². The minimum atomic E-state index is -1.96. The third-order valence-corrected chi connectivity index (χ3v) is 6.32. The highest BCUT2D eigenvalue weighted by Crippen LogP contribution is 2.42. The molecule has 0 spiro atoms. The number of alkyl halides is 3. The van der Waals surface area contributed by atoms with Gasteiger partial charge in [0.25, 0.3) is 0 Å². The predicted molar refractivity (Wildman–Crippen MR) is 143 cm³/mol. The minimum Gasteiger partial charge on any atom is -0.314 e. The number of amidine groups is 1. The van der Waals surface area contributed by atoms with E-state index in [2.05, 4.69) is 4.99 Å². The molecular formula is C26H23Cl3N4O2. The van der Waals surface area contributed by atoms with Gasteiger partial charge in [-0.05, 0) is 49.2 Å². The Kier molecular flexibility index (Phi) is 7.08. The average Bonchev–Trinajstić information content (AvgIpc) is 3.03. The van der Waals surface area contributed by atoms with E-state index < -0.39 is 21.9 Å². The molecule has 0 aliphatic carbocycles. The number of amides is 3. The van der Waals surface area contributed by atoms with Gasteiger partial charge in [-0.2, -0.15) is 0 Å². The SMILES string of the molecule is Cc1ccccc1N(c1ccccc1C)C(/N=C1\C(=O)N(c2ccccc2)C(=O)N1C)C(Cl)(Cl)Cl. The third kappa shape index (κ3) is 4.87. The number of halogens is 3. The number of imide groups is 1. The van der Waals surface area contributed by atoms with E-state index in [-0.39, 0.29) is 5.84 Å². The summed E-state index contributed by atoms with van der Waals surface area (Å²) in [7, 11) is 1.48. The first-order valence-corrected chi connectivity index (χ1v) is 12.0. The van der Waals surface area contributed by atoms with Crippen molar-refractivity contribution in [2.75, 3.05) is 16.8 Å². The Hall–Kier alpha value is -3.06. The van der Waals surface area contributed by atoms with Crippen LogP contribution in [0, 0.1) is 13.8 Å². The van der Waals surface area contributed by atoms with Gasteiger partial charge >= 0.3 is 11.9 Å². The number of rotatable bonds is 5. The largest absolute Gasteiger partial charge is 0.337 e. The summed E-state index contributed by atoms with van der Waals surface area (Å²) in [5.74, 6) is -0.722. The summed E-state index contributed by atoms with van der Waals surface area (Å²) >= 11 is 19.5. The second kappa shape index (κ2) is 9.90. The Morgan fingerprint density at radius 2 is 1.29 bits per heavy atom. The Morgan fingerprint density at radius 1 is 0.800 bits per heavy atom. The molecule has 35 heavy (non-hydrogen) atoms. The molecule has 1 saturated heterocycles. The number of carbonyl (C=O) groups is 2. The lowest BCUT2D eigenvalue weighted by Crippen LogP contribution is -2.43. The van der Waals surface area contributed by atoms with E-state index in [1.807, 2.05) is 62.4 Å². The van der Waals surface area contributed by atoms with Crippen LogP contribution in [0.25, 0.3) is 0 Å². The maximum absolute atomic E-state index is 13.4. The van der Waals surface area contributed by atoms with Crippen LogP contribution in [0.3, 0.4) is 0 Å². The monoisotopic (exact) mass is 528 g/mol. The van der Waals surface area contributed by atoms with Gasteiger partial charge in [-0.1, -0.05) is 89.4 Å². The number of hydrogen-bond donors (Lipinski definition) is 0. The first kappa shape index (κ1) is 25.0. The van der Waals surface area contributed by atoms with Crippen molar-refractivity contribution >= 4 is 69.6 Å². The van der Waals surface area contributed by atoms with E-state index in [1.54, 1.807) is 35.2 Å². The summed E-state index contributed by atoms with van der Waals surface area (Å²) in [6.07, 6.45) is -1.17. The third-order valence-electron chi connectivity index (χ3n) is 5.74. The Balaban J connectivity index is 1.90. The quantitative estimate of drug-likeness (QED) is 0.275. The maximum Gasteiger partial charge on any atom is 0.337 e. The molecule has 0 radical (unpaired) electrons. The van der Waals surface area contributed by atoms with Crippen molar-refractivity contribution in [1.82, 2.24) is 4.90 Å². The number of urea groups is 1. The number of aliphatic imine (C=N–C) groups is 1. The second-order valence-electron chi connectivity index (χ2n) is 8.13. The number of carbonyl (C=O) groups excluding carboxylic acids is 2. The Morgan fingerprint density at radius 3 is 1.77 bits per heavy atom. The van der Waals surface area contributed by atoms with Crippen molar-refractivity contribution in [3.8, 4) is 0 Å². The molecule has 3 aromatic carbocycles. The van der Waals surface area contributed by atoms with Crippen LogP contribution in [0.4, 0.5) is 21.9 Å². The molecule has 3 aromatic rings. The van der Waals surface area contributed by atoms with E-state index in [9.17, 15) is 9.59 Å². The number of nitrogens with zero attached hydrogens (tertiary/aromatic N) is 4. The van der Waals surface area contributed by atoms with Crippen molar-refractivity contribution in [1.29, 1.82) is 0 Å². The lowest BCUT2D eigenvalue weighted by molar-refractivity contribution is -0.111. The number of benzene rings is 3. The first-order chi connectivity index (χ1) is 16.6. The molecule has 180 valence electrons. The molecule has 1 fully saturated rings. The van der Waals surface area contributed by atoms with Crippen LogP contribution in [0.5, 0.6) is 0 Å². The summed E-state index contributed by atoms with van der Waals surface area (Å²) in [6.45, 7) is 3.88. The summed E-state index contributed by atoms with van der Waals surface area (Å²) in [5, 5.41) is 0. The fourth-order valence-electron chi connectivity index (χ4n) is 3.97. The molecule has 1 heterocycles. The number of para-hydroxylation sites is 3. The van der Waals surface area contributed by atoms with Gasteiger partial charge in [0.05, 0.1) is 5.69 Å². The van der Waals surface area contributed by atoms with Gasteiger partial charge in [0.2, 0.25) is 9.63 Å². The molecule has 0 bridgehead atoms. The fraction of sp³-hybridized carbons (Fsp3) is 0.192. The fourth-order valence-corrected chi connectivity index (χ4v) is 4.41. The highest BCUT2D eigenvalue weighted by Gasteiger charge is 2.45. The molecule has 4 rings (SSSR count). The molecule has 9 heteroatoms. The zero-order valence-electron chi connectivity index (χ0n) is 19.3. The standard InChI is InChI=1S/C26H23Cl3N4O2/c1-17-11-7-9-15-20(17)33(21-16-10-8-12-18(21)2)24(26(27,28)29)30-22-23(34)32(25(35)31(22)3)19-13-5-4-6-14-19/h4-16,24H,1-3H3/b30-22+. The molecule has 3 amide bonds. The average molecular weight is 530 g/mol. The minimum absolute atomic E-state index is 0.123. The van der Waals surface area contributed by atoms with Crippen molar-refractivity contribution in [3.63, 3.8) is 0 Å². The van der Waals surface area contributed by atoms with E-state index >= 15 is 0 Å². The molecule has 0 aromatic heterocycles. The predicted octanol–water partition coefficient (Wildman–Crippen LogP) is 6.63. The molecule has 1 aliphatic rings. The Bertz CT molecular complexity index is 1250. The van der Waals surface area contributed by atoms with Crippen molar-refractivity contribution in [2.45, 2.75) is 23.8 Å². The summed E-state index contributed by atoms with van der Waals surface area (Å²) in [4.78, 5) is 35.1. The summed E-state index contributed by atoms with van der Waals surface area (Å²) in [6, 6.07) is 23.3. The van der Waals surface area contributed by atoms with E-state index in [1.165, 1.54) is 11.9 Å². The number of hydrogen-bond acceptors (Lipinski definition) is 4. The van der Waals surface area contributed by atoms with Gasteiger partial charge in [-0.25, -0.2) is 14.7 Å². The van der Waals surface area contributed by atoms with Gasteiger partial charge in [0.1, 0.15) is 0 Å².